The summed E-state index contributed by atoms with van der Waals surface area (Å²) in [7, 11) is 0.859. The fourth-order valence-corrected chi connectivity index (χ4v) is 5.27. The summed E-state index contributed by atoms with van der Waals surface area (Å²) in [6.45, 7) is 0.985. The molecule has 3 aromatic rings. The van der Waals surface area contributed by atoms with E-state index in [-0.39, 0.29) is 39.1 Å². The van der Waals surface area contributed by atoms with Crippen molar-refractivity contribution in [2.75, 3.05) is 44.6 Å². The summed E-state index contributed by atoms with van der Waals surface area (Å²) >= 11 is 0. The highest BCUT2D eigenvalue weighted by molar-refractivity contribution is 7.93. The molecule has 0 aliphatic heterocycles. The van der Waals surface area contributed by atoms with Crippen LogP contribution in [0.2, 0.25) is 0 Å². The Morgan fingerprint density at radius 1 is 0.868 bits per heavy atom. The zero-order chi connectivity index (χ0) is 28.0. The molecule has 0 saturated heterocycles. The van der Waals surface area contributed by atoms with E-state index in [1.165, 1.54) is 64.8 Å². The maximum absolute atomic E-state index is 13.8. The number of esters is 1. The van der Waals surface area contributed by atoms with Crippen LogP contribution in [0.1, 0.15) is 15.9 Å². The second-order valence-corrected chi connectivity index (χ2v) is 9.77. The molecule has 0 bridgehead atoms. The Morgan fingerprint density at radius 2 is 1.47 bits per heavy atom. The van der Waals surface area contributed by atoms with Gasteiger partial charge in [0, 0.05) is 12.1 Å². The smallest absolute Gasteiger partial charge is 0.340 e. The van der Waals surface area contributed by atoms with Gasteiger partial charge in [0.2, 0.25) is 5.91 Å². The quantitative estimate of drug-likeness (QED) is 0.382. The topological polar surface area (TPSA) is 120 Å². The van der Waals surface area contributed by atoms with Crippen molar-refractivity contribution in [1.82, 2.24) is 0 Å². The Kier molecular flexibility index (Phi) is 8.79. The first-order valence-corrected chi connectivity index (χ1v) is 12.6. The first-order valence-electron chi connectivity index (χ1n) is 11.1. The monoisotopic (exact) mass is 546 g/mol. The van der Waals surface area contributed by atoms with Crippen LogP contribution in [0.25, 0.3) is 0 Å². The van der Waals surface area contributed by atoms with E-state index in [2.05, 4.69) is 5.32 Å². The molecule has 0 aliphatic rings. The van der Waals surface area contributed by atoms with Crippen LogP contribution in [0.3, 0.4) is 0 Å². The Labute approximate surface area is 219 Å². The van der Waals surface area contributed by atoms with Crippen LogP contribution in [0.5, 0.6) is 17.2 Å². The minimum Gasteiger partial charge on any atom is -0.495 e. The van der Waals surface area contributed by atoms with Crippen molar-refractivity contribution in [2.45, 2.75) is 11.8 Å². The van der Waals surface area contributed by atoms with E-state index in [1.54, 1.807) is 13.0 Å². The molecule has 0 radical (unpaired) electrons. The van der Waals surface area contributed by atoms with Crippen molar-refractivity contribution >= 4 is 33.3 Å². The fraction of sp³-hybridized carbons (Fsp3) is 0.231. The summed E-state index contributed by atoms with van der Waals surface area (Å²) < 4.78 is 62.6. The molecule has 202 valence electrons. The van der Waals surface area contributed by atoms with Crippen molar-refractivity contribution in [3.8, 4) is 17.2 Å². The average molecular weight is 547 g/mol. The third-order valence-electron chi connectivity index (χ3n) is 5.49. The van der Waals surface area contributed by atoms with Gasteiger partial charge < -0.3 is 24.3 Å². The average Bonchev–Trinajstić information content (AvgIpc) is 2.91. The van der Waals surface area contributed by atoms with Gasteiger partial charge in [0.25, 0.3) is 10.0 Å². The first kappa shape index (κ1) is 28.3. The number of methoxy groups -OCH3 is 4. The summed E-state index contributed by atoms with van der Waals surface area (Å²) in [5, 5.41) is 2.54. The van der Waals surface area contributed by atoms with Crippen molar-refractivity contribution < 1.29 is 41.3 Å². The van der Waals surface area contributed by atoms with Gasteiger partial charge in [-0.15, -0.1) is 0 Å². The summed E-state index contributed by atoms with van der Waals surface area (Å²) in [4.78, 5) is 25.4. The van der Waals surface area contributed by atoms with E-state index in [4.69, 9.17) is 18.9 Å². The third-order valence-corrected chi connectivity index (χ3v) is 7.29. The van der Waals surface area contributed by atoms with Crippen LogP contribution in [0, 0.1) is 12.7 Å². The summed E-state index contributed by atoms with van der Waals surface area (Å²) in [6, 6.07) is 11.9. The van der Waals surface area contributed by atoms with Gasteiger partial charge in [0.1, 0.15) is 23.0 Å². The van der Waals surface area contributed by atoms with Gasteiger partial charge >= 0.3 is 5.97 Å². The van der Waals surface area contributed by atoms with Gasteiger partial charge in [-0.1, -0.05) is 6.07 Å². The van der Waals surface area contributed by atoms with E-state index in [0.717, 1.165) is 16.4 Å². The minimum atomic E-state index is -4.39. The predicted octanol–water partition coefficient (Wildman–Crippen LogP) is 3.78. The van der Waals surface area contributed by atoms with E-state index in [9.17, 15) is 22.4 Å². The van der Waals surface area contributed by atoms with E-state index < -0.39 is 34.3 Å². The Balaban J connectivity index is 2.07. The molecule has 3 aromatic carbocycles. The van der Waals surface area contributed by atoms with Gasteiger partial charge in [-0.3, -0.25) is 9.10 Å². The number of nitrogens with zero attached hydrogens (tertiary/aromatic N) is 1. The number of amides is 1. The molecule has 38 heavy (non-hydrogen) atoms. The van der Waals surface area contributed by atoms with Crippen molar-refractivity contribution in [2.24, 2.45) is 0 Å². The molecule has 0 aliphatic carbocycles. The number of hydrogen-bond acceptors (Lipinski definition) is 8. The van der Waals surface area contributed by atoms with Crippen LogP contribution in [-0.2, 0) is 19.6 Å². The van der Waals surface area contributed by atoms with Crippen LogP contribution >= 0.6 is 0 Å². The standard InChI is InChI=1S/C26H27FN2O8S/c1-16-6-11-21(34-2)24(12-16)38(32,33)29(18-9-7-17(27)8-10-18)15-25(30)28-20-14-23(36-4)22(35-3)13-19(20)26(31)37-5/h6-14H,15H2,1-5H3,(H,28,30). The maximum atomic E-state index is 13.8. The van der Waals surface area contributed by atoms with Crippen LogP contribution in [0.4, 0.5) is 15.8 Å². The number of hydrogen-bond donors (Lipinski definition) is 1. The zero-order valence-corrected chi connectivity index (χ0v) is 22.2. The lowest BCUT2D eigenvalue weighted by molar-refractivity contribution is -0.114. The second-order valence-electron chi connectivity index (χ2n) is 7.93. The van der Waals surface area contributed by atoms with Gasteiger partial charge in [0.15, 0.2) is 11.5 Å². The molecule has 1 amide bonds. The molecule has 0 heterocycles. The van der Waals surface area contributed by atoms with E-state index in [0.29, 0.717) is 5.56 Å². The van der Waals surface area contributed by atoms with Gasteiger partial charge in [-0.05, 0) is 48.9 Å². The molecule has 1 N–H and O–H groups in total. The molecule has 0 spiro atoms. The van der Waals surface area contributed by atoms with Crippen molar-refractivity contribution in [1.29, 1.82) is 0 Å². The van der Waals surface area contributed by atoms with Crippen molar-refractivity contribution in [3.05, 3.63) is 71.5 Å². The molecule has 0 aromatic heterocycles. The minimum absolute atomic E-state index is 0.00379. The number of halogens is 1. The summed E-state index contributed by atoms with van der Waals surface area (Å²) in [5.74, 6) is -1.67. The van der Waals surface area contributed by atoms with Gasteiger partial charge in [-0.2, -0.15) is 0 Å². The number of sulfonamides is 1. The van der Waals surface area contributed by atoms with Crippen LogP contribution < -0.4 is 23.8 Å². The molecule has 0 atom stereocenters. The SMILES string of the molecule is COC(=O)c1cc(OC)c(OC)cc1NC(=O)CN(c1ccc(F)cc1)S(=O)(=O)c1cc(C)ccc1OC. The molecule has 0 unspecified atom stereocenters. The second kappa shape index (κ2) is 11.8. The highest BCUT2D eigenvalue weighted by atomic mass is 32.2. The summed E-state index contributed by atoms with van der Waals surface area (Å²) in [5.41, 5.74) is 0.630. The third kappa shape index (κ3) is 5.97. The Hall–Kier alpha value is -4.32. The highest BCUT2D eigenvalue weighted by Crippen LogP contribution is 2.34. The molecule has 3 rings (SSSR count). The zero-order valence-electron chi connectivity index (χ0n) is 21.4. The number of benzene rings is 3. The Bertz CT molecular complexity index is 1440. The number of nitrogens with one attached hydrogen (secondary N) is 1. The molecule has 0 saturated carbocycles. The van der Waals surface area contributed by atoms with Crippen molar-refractivity contribution in [3.63, 3.8) is 0 Å². The van der Waals surface area contributed by atoms with E-state index >= 15 is 0 Å². The Morgan fingerprint density at radius 3 is 2.05 bits per heavy atom. The lowest BCUT2D eigenvalue weighted by Gasteiger charge is -2.25. The highest BCUT2D eigenvalue weighted by Gasteiger charge is 2.31. The predicted molar refractivity (Wildman–Crippen MR) is 138 cm³/mol. The lowest BCUT2D eigenvalue weighted by atomic mass is 10.1. The molecule has 10 nitrogen and oxygen atoms in total. The number of rotatable bonds is 10. The van der Waals surface area contributed by atoms with Crippen LogP contribution in [0.15, 0.2) is 59.5 Å². The first-order chi connectivity index (χ1) is 18.0. The normalized spacial score (nSPS) is 10.9. The largest absolute Gasteiger partial charge is 0.495 e. The molecule has 12 heteroatoms. The molecular formula is C26H27FN2O8S. The maximum Gasteiger partial charge on any atom is 0.340 e. The number of carbonyl (C=O) groups excluding carboxylic acids is 2. The number of ether oxygens (including phenoxy) is 4. The fourth-order valence-electron chi connectivity index (χ4n) is 3.61. The summed E-state index contributed by atoms with van der Waals surface area (Å²) in [6.07, 6.45) is 0. The van der Waals surface area contributed by atoms with Crippen LogP contribution in [-0.4, -0.2) is 55.3 Å². The number of carbonyl (C=O) groups is 2. The van der Waals surface area contributed by atoms with E-state index in [1.807, 2.05) is 0 Å². The van der Waals surface area contributed by atoms with Gasteiger partial charge in [-0.25, -0.2) is 17.6 Å². The number of aryl methyl sites for hydroxylation is 1. The molecular weight excluding hydrogens is 519 g/mol. The lowest BCUT2D eigenvalue weighted by Crippen LogP contribution is -2.38. The number of anilines is 2. The van der Waals surface area contributed by atoms with Gasteiger partial charge in [0.05, 0.1) is 45.4 Å². The molecule has 0 fully saturated rings.